The molecule has 4 heteroatoms. The fraction of sp³-hybridized carbons (Fsp3) is 0.688. The molecule has 1 fully saturated rings. The number of likely N-dealkylation sites (N-methyl/N-ethyl adjacent to an activating group) is 2. The van der Waals surface area contributed by atoms with E-state index in [1.807, 2.05) is 6.20 Å². The predicted octanol–water partition coefficient (Wildman–Crippen LogP) is 2.43. The van der Waals surface area contributed by atoms with E-state index >= 15 is 0 Å². The lowest BCUT2D eigenvalue weighted by Crippen LogP contribution is -2.38. The number of anilines is 1. The third-order valence-corrected chi connectivity index (χ3v) is 4.06. The summed E-state index contributed by atoms with van der Waals surface area (Å²) in [4.78, 5) is 9.46. The molecule has 1 atom stereocenters. The zero-order valence-corrected chi connectivity index (χ0v) is 13.1. The second-order valence-electron chi connectivity index (χ2n) is 5.70. The summed E-state index contributed by atoms with van der Waals surface area (Å²) in [5.74, 6) is 0.965. The minimum atomic E-state index is 0.735. The van der Waals surface area contributed by atoms with Gasteiger partial charge < -0.3 is 10.2 Å². The van der Waals surface area contributed by atoms with Crippen molar-refractivity contribution in [3.8, 4) is 0 Å². The lowest BCUT2D eigenvalue weighted by molar-refractivity contribution is 0.194. The molecule has 1 saturated heterocycles. The van der Waals surface area contributed by atoms with Crippen LogP contribution in [0.25, 0.3) is 0 Å². The monoisotopic (exact) mass is 276 g/mol. The highest BCUT2D eigenvalue weighted by atomic mass is 15.2. The van der Waals surface area contributed by atoms with Crippen LogP contribution in [0.3, 0.4) is 0 Å². The van der Waals surface area contributed by atoms with Crippen molar-refractivity contribution in [3.63, 3.8) is 0 Å². The first-order valence-corrected chi connectivity index (χ1v) is 7.84. The SMILES string of the molecule is CCNc1ccc(CN(C)CC2CCCN2CC)cn1. The maximum atomic E-state index is 4.44. The van der Waals surface area contributed by atoms with Gasteiger partial charge in [0.25, 0.3) is 0 Å². The molecule has 2 heterocycles. The molecule has 0 amide bonds. The molecule has 0 bridgehead atoms. The van der Waals surface area contributed by atoms with Gasteiger partial charge in [-0.25, -0.2) is 4.98 Å². The Labute approximate surface area is 123 Å². The Bertz CT molecular complexity index is 390. The largest absolute Gasteiger partial charge is 0.370 e. The van der Waals surface area contributed by atoms with Gasteiger partial charge in [-0.1, -0.05) is 13.0 Å². The lowest BCUT2D eigenvalue weighted by atomic mass is 10.2. The van der Waals surface area contributed by atoms with E-state index in [2.05, 4.69) is 53.1 Å². The van der Waals surface area contributed by atoms with E-state index in [-0.39, 0.29) is 0 Å². The molecule has 0 aliphatic carbocycles. The van der Waals surface area contributed by atoms with Gasteiger partial charge in [0, 0.05) is 31.9 Å². The topological polar surface area (TPSA) is 31.4 Å². The fourth-order valence-corrected chi connectivity index (χ4v) is 3.06. The molecule has 1 aliphatic heterocycles. The number of hydrogen-bond acceptors (Lipinski definition) is 4. The van der Waals surface area contributed by atoms with Crippen LogP contribution in [0, 0.1) is 0 Å². The molecule has 0 aromatic carbocycles. The normalized spacial score (nSPS) is 19.7. The second-order valence-corrected chi connectivity index (χ2v) is 5.70. The minimum absolute atomic E-state index is 0.735. The smallest absolute Gasteiger partial charge is 0.125 e. The molecule has 0 spiro atoms. The van der Waals surface area contributed by atoms with Gasteiger partial charge in [-0.2, -0.15) is 0 Å². The minimum Gasteiger partial charge on any atom is -0.370 e. The Balaban J connectivity index is 1.83. The molecular formula is C16H28N4. The summed E-state index contributed by atoms with van der Waals surface area (Å²) in [5.41, 5.74) is 1.29. The van der Waals surface area contributed by atoms with Crippen LogP contribution in [-0.4, -0.2) is 54.1 Å². The summed E-state index contributed by atoms with van der Waals surface area (Å²) in [5, 5.41) is 3.23. The second kappa shape index (κ2) is 7.60. The maximum absolute atomic E-state index is 4.44. The van der Waals surface area contributed by atoms with Gasteiger partial charge in [0.15, 0.2) is 0 Å². The number of nitrogens with one attached hydrogen (secondary N) is 1. The number of hydrogen-bond donors (Lipinski definition) is 1. The molecule has 2 rings (SSSR count). The van der Waals surface area contributed by atoms with Crippen LogP contribution >= 0.6 is 0 Å². The average Bonchev–Trinajstić information content (AvgIpc) is 2.88. The van der Waals surface area contributed by atoms with Crippen molar-refractivity contribution < 1.29 is 0 Å². The molecule has 1 N–H and O–H groups in total. The quantitative estimate of drug-likeness (QED) is 0.829. The van der Waals surface area contributed by atoms with Gasteiger partial charge in [0.05, 0.1) is 0 Å². The zero-order valence-electron chi connectivity index (χ0n) is 13.1. The van der Waals surface area contributed by atoms with E-state index in [4.69, 9.17) is 0 Å². The summed E-state index contributed by atoms with van der Waals surface area (Å²) in [7, 11) is 2.21. The summed E-state index contributed by atoms with van der Waals surface area (Å²) in [6.07, 6.45) is 4.68. The Morgan fingerprint density at radius 3 is 2.90 bits per heavy atom. The van der Waals surface area contributed by atoms with E-state index in [0.29, 0.717) is 0 Å². The number of nitrogens with zero attached hydrogens (tertiary/aromatic N) is 3. The van der Waals surface area contributed by atoms with Crippen LogP contribution in [0.5, 0.6) is 0 Å². The summed E-state index contributed by atoms with van der Waals surface area (Å²) in [6.45, 7) is 9.86. The van der Waals surface area contributed by atoms with Crippen molar-refractivity contribution in [1.82, 2.24) is 14.8 Å². The van der Waals surface area contributed by atoms with Gasteiger partial charge in [0.1, 0.15) is 5.82 Å². The van der Waals surface area contributed by atoms with Crippen LogP contribution in [-0.2, 0) is 6.54 Å². The molecular weight excluding hydrogens is 248 g/mol. The highest BCUT2D eigenvalue weighted by Crippen LogP contribution is 2.18. The van der Waals surface area contributed by atoms with Gasteiger partial charge in [-0.15, -0.1) is 0 Å². The van der Waals surface area contributed by atoms with Crippen LogP contribution < -0.4 is 5.32 Å². The Morgan fingerprint density at radius 1 is 1.40 bits per heavy atom. The molecule has 112 valence electrons. The lowest BCUT2D eigenvalue weighted by Gasteiger charge is -2.27. The van der Waals surface area contributed by atoms with Crippen molar-refractivity contribution in [2.75, 3.05) is 38.5 Å². The van der Waals surface area contributed by atoms with Crippen molar-refractivity contribution >= 4 is 5.82 Å². The van der Waals surface area contributed by atoms with E-state index in [1.54, 1.807) is 0 Å². The molecule has 20 heavy (non-hydrogen) atoms. The zero-order chi connectivity index (χ0) is 14.4. The molecule has 1 aromatic heterocycles. The summed E-state index contributed by atoms with van der Waals surface area (Å²) in [6, 6.07) is 4.98. The highest BCUT2D eigenvalue weighted by Gasteiger charge is 2.23. The Kier molecular flexibility index (Phi) is 5.80. The van der Waals surface area contributed by atoms with Gasteiger partial charge >= 0.3 is 0 Å². The summed E-state index contributed by atoms with van der Waals surface area (Å²) >= 11 is 0. The van der Waals surface area contributed by atoms with Crippen LogP contribution in [0.2, 0.25) is 0 Å². The number of likely N-dealkylation sites (tertiary alicyclic amines) is 1. The Hall–Kier alpha value is -1.13. The first kappa shape index (κ1) is 15.3. The standard InChI is InChI=1S/C16H28N4/c1-4-17-16-9-8-14(11-18-16)12-19(3)13-15-7-6-10-20(15)5-2/h8-9,11,15H,4-7,10,12-13H2,1-3H3,(H,17,18). The third-order valence-electron chi connectivity index (χ3n) is 4.06. The van der Waals surface area contributed by atoms with Crippen molar-refractivity contribution in [3.05, 3.63) is 23.9 Å². The van der Waals surface area contributed by atoms with Crippen LogP contribution in [0.1, 0.15) is 32.3 Å². The predicted molar refractivity (Wildman–Crippen MR) is 85.0 cm³/mol. The molecule has 1 unspecified atom stereocenters. The average molecular weight is 276 g/mol. The third kappa shape index (κ3) is 4.18. The molecule has 4 nitrogen and oxygen atoms in total. The molecule has 0 saturated carbocycles. The van der Waals surface area contributed by atoms with E-state index in [1.165, 1.54) is 31.5 Å². The highest BCUT2D eigenvalue weighted by molar-refractivity contribution is 5.35. The fourth-order valence-electron chi connectivity index (χ4n) is 3.06. The van der Waals surface area contributed by atoms with Crippen molar-refractivity contribution in [2.45, 2.75) is 39.3 Å². The van der Waals surface area contributed by atoms with E-state index in [9.17, 15) is 0 Å². The van der Waals surface area contributed by atoms with Crippen molar-refractivity contribution in [1.29, 1.82) is 0 Å². The number of aromatic nitrogens is 1. The number of rotatable bonds is 7. The van der Waals surface area contributed by atoms with Crippen LogP contribution in [0.15, 0.2) is 18.3 Å². The van der Waals surface area contributed by atoms with Gasteiger partial charge in [-0.3, -0.25) is 4.90 Å². The van der Waals surface area contributed by atoms with Gasteiger partial charge in [-0.05, 0) is 51.5 Å². The first-order valence-electron chi connectivity index (χ1n) is 7.84. The van der Waals surface area contributed by atoms with E-state index in [0.717, 1.165) is 31.5 Å². The Morgan fingerprint density at radius 2 is 2.25 bits per heavy atom. The summed E-state index contributed by atoms with van der Waals surface area (Å²) < 4.78 is 0. The molecule has 0 radical (unpaired) electrons. The first-order chi connectivity index (χ1) is 9.72. The van der Waals surface area contributed by atoms with Crippen molar-refractivity contribution in [2.24, 2.45) is 0 Å². The number of pyridine rings is 1. The molecule has 1 aromatic rings. The van der Waals surface area contributed by atoms with E-state index < -0.39 is 0 Å². The molecule has 1 aliphatic rings. The maximum Gasteiger partial charge on any atom is 0.125 e. The van der Waals surface area contributed by atoms with Gasteiger partial charge in [0.2, 0.25) is 0 Å². The van der Waals surface area contributed by atoms with Crippen LogP contribution in [0.4, 0.5) is 5.82 Å².